The van der Waals surface area contributed by atoms with Gasteiger partial charge in [0, 0.05) is 6.20 Å². The highest BCUT2D eigenvalue weighted by molar-refractivity contribution is 6.39. The number of aromatic nitrogens is 2. The molecule has 0 spiro atoms. The molecular weight excluding hydrogens is 461 g/mol. The number of anilines is 1. The Morgan fingerprint density at radius 2 is 1.67 bits per heavy atom. The summed E-state index contributed by atoms with van der Waals surface area (Å²) >= 11 is 12.0. The fourth-order valence-electron chi connectivity index (χ4n) is 2.67. The number of halogens is 8. The first kappa shape index (κ1) is 22.2. The lowest BCUT2D eigenvalue weighted by molar-refractivity contribution is -0.141. The van der Waals surface area contributed by atoms with Gasteiger partial charge < -0.3 is 5.11 Å². The summed E-state index contributed by atoms with van der Waals surface area (Å²) in [5.41, 5.74) is 0.349. The van der Waals surface area contributed by atoms with Crippen LogP contribution in [0, 0.1) is 0 Å². The molecule has 1 aliphatic rings. The smallest absolute Gasteiger partial charge is 0.435 e. The fourth-order valence-corrected chi connectivity index (χ4v) is 3.34. The Hall–Kier alpha value is -2.53. The van der Waals surface area contributed by atoms with E-state index in [0.717, 1.165) is 22.1 Å². The van der Waals surface area contributed by atoms with Gasteiger partial charge in [-0.15, -0.1) is 0 Å². The number of alkyl halides is 6. The minimum atomic E-state index is -4.70. The zero-order valence-corrected chi connectivity index (χ0v) is 16.4. The van der Waals surface area contributed by atoms with Gasteiger partial charge in [-0.3, -0.25) is 10.4 Å². The molecule has 162 valence electrons. The van der Waals surface area contributed by atoms with Crippen LogP contribution in [0.25, 0.3) is 5.70 Å². The third kappa shape index (κ3) is 4.17. The minimum absolute atomic E-state index is 0.0921. The van der Waals surface area contributed by atoms with Crippen LogP contribution in [-0.2, 0) is 12.4 Å². The predicted molar refractivity (Wildman–Crippen MR) is 98.5 cm³/mol. The van der Waals surface area contributed by atoms with Crippen LogP contribution in [0.3, 0.4) is 0 Å². The van der Waals surface area contributed by atoms with Gasteiger partial charge >= 0.3 is 12.4 Å². The molecule has 0 saturated heterocycles. The second-order valence-corrected chi connectivity index (χ2v) is 6.92. The lowest BCUT2D eigenvalue weighted by atomic mass is 10.1. The molecule has 1 aromatic carbocycles. The van der Waals surface area contributed by atoms with Gasteiger partial charge in [0.15, 0.2) is 11.5 Å². The van der Waals surface area contributed by atoms with Crippen molar-refractivity contribution in [2.75, 3.05) is 5.01 Å². The van der Waals surface area contributed by atoms with Crippen LogP contribution in [0.15, 0.2) is 42.1 Å². The van der Waals surface area contributed by atoms with Crippen LogP contribution < -0.4 is 10.4 Å². The van der Waals surface area contributed by atoms with Crippen molar-refractivity contribution in [1.29, 1.82) is 0 Å². The van der Waals surface area contributed by atoms with Gasteiger partial charge in [-0.2, -0.15) is 31.4 Å². The van der Waals surface area contributed by atoms with Gasteiger partial charge in [-0.05, 0) is 24.6 Å². The van der Waals surface area contributed by atoms with E-state index in [0.29, 0.717) is 18.2 Å². The average Bonchev–Trinajstić information content (AvgIpc) is 3.11. The molecule has 0 bridgehead atoms. The van der Waals surface area contributed by atoms with Gasteiger partial charge in [0.25, 0.3) is 0 Å². The maximum Gasteiger partial charge on any atom is 0.435 e. The van der Waals surface area contributed by atoms with E-state index in [9.17, 15) is 31.4 Å². The molecule has 0 amide bonds. The number of nitrogens with zero attached hydrogens (tertiary/aromatic N) is 3. The summed E-state index contributed by atoms with van der Waals surface area (Å²) in [6.07, 6.45) is -7.09. The van der Waals surface area contributed by atoms with E-state index in [1.807, 2.05) is 0 Å². The molecule has 0 saturated carbocycles. The number of hydrazine groups is 1. The standard InChI is InChI=1S/C17H12Cl2F6N4O/c1-2-11-15(30)12(28-4-3-13(27-28)17(23,24)25)7-29(26-11)14-9(18)5-8(6-10(14)19)16(20,21)22/h3-7,26,30H,2H2,1H3. The zero-order valence-electron chi connectivity index (χ0n) is 14.9. The Bertz CT molecular complexity index is 1020. The van der Waals surface area contributed by atoms with E-state index in [1.54, 1.807) is 6.92 Å². The van der Waals surface area contributed by atoms with Crippen LogP contribution >= 0.6 is 23.2 Å². The van der Waals surface area contributed by atoms with E-state index < -0.39 is 29.4 Å². The van der Waals surface area contributed by atoms with Crippen LogP contribution in [0.4, 0.5) is 32.0 Å². The summed E-state index contributed by atoms with van der Waals surface area (Å²) in [6.45, 7) is 1.64. The van der Waals surface area contributed by atoms with E-state index in [2.05, 4.69) is 10.5 Å². The SMILES string of the molecule is CCC1=C(O)C(n2ccc(C(F)(F)F)n2)=CN(c2c(Cl)cc(C(F)(F)F)cc2Cl)N1. The molecule has 0 aliphatic carbocycles. The van der Waals surface area contributed by atoms with Crippen molar-refractivity contribution in [2.45, 2.75) is 25.7 Å². The van der Waals surface area contributed by atoms with E-state index in [1.165, 1.54) is 0 Å². The van der Waals surface area contributed by atoms with Crippen molar-refractivity contribution < 1.29 is 31.4 Å². The highest BCUT2D eigenvalue weighted by Gasteiger charge is 2.35. The maximum atomic E-state index is 13.0. The lowest BCUT2D eigenvalue weighted by Gasteiger charge is -2.31. The number of nitrogens with one attached hydrogen (secondary N) is 1. The number of aliphatic hydroxyl groups is 1. The Morgan fingerprint density at radius 3 is 2.13 bits per heavy atom. The van der Waals surface area contributed by atoms with E-state index >= 15 is 0 Å². The summed E-state index contributed by atoms with van der Waals surface area (Å²) in [5.74, 6) is -0.398. The predicted octanol–water partition coefficient (Wildman–Crippen LogP) is 6.23. The number of aliphatic hydroxyl groups excluding tert-OH is 1. The van der Waals surface area contributed by atoms with Crippen molar-refractivity contribution >= 4 is 34.6 Å². The van der Waals surface area contributed by atoms with Crippen molar-refractivity contribution in [3.8, 4) is 0 Å². The molecule has 3 rings (SSSR count). The number of hydrogen-bond acceptors (Lipinski definition) is 4. The van der Waals surface area contributed by atoms with Crippen LogP contribution in [0.5, 0.6) is 0 Å². The molecule has 2 heterocycles. The summed E-state index contributed by atoms with van der Waals surface area (Å²) < 4.78 is 78.3. The number of hydrogen-bond donors (Lipinski definition) is 2. The minimum Gasteiger partial charge on any atom is -0.504 e. The second kappa shape index (κ2) is 7.62. The van der Waals surface area contributed by atoms with Crippen molar-refractivity contribution in [3.63, 3.8) is 0 Å². The summed E-state index contributed by atoms with van der Waals surface area (Å²) in [5, 5.41) is 14.2. The topological polar surface area (TPSA) is 53.3 Å². The first-order chi connectivity index (χ1) is 13.8. The number of rotatable bonds is 3. The second-order valence-electron chi connectivity index (χ2n) is 6.11. The first-order valence-corrected chi connectivity index (χ1v) is 8.98. The Morgan fingerprint density at radius 1 is 1.07 bits per heavy atom. The Balaban J connectivity index is 2.10. The normalized spacial score (nSPS) is 15.4. The third-order valence-electron chi connectivity index (χ3n) is 4.10. The number of allylic oxidation sites excluding steroid dienone is 2. The Kier molecular flexibility index (Phi) is 5.63. The largest absolute Gasteiger partial charge is 0.504 e. The molecule has 0 radical (unpaired) electrons. The highest BCUT2D eigenvalue weighted by atomic mass is 35.5. The summed E-state index contributed by atoms with van der Waals surface area (Å²) in [7, 11) is 0. The van der Waals surface area contributed by atoms with Gasteiger partial charge in [0.2, 0.25) is 0 Å². The Labute approximate surface area is 175 Å². The zero-order chi connectivity index (χ0) is 22.4. The highest BCUT2D eigenvalue weighted by Crippen LogP contribution is 2.41. The molecule has 2 N–H and O–H groups in total. The van der Waals surface area contributed by atoms with Crippen LogP contribution in [-0.4, -0.2) is 14.9 Å². The lowest BCUT2D eigenvalue weighted by Crippen LogP contribution is -2.38. The first-order valence-electron chi connectivity index (χ1n) is 8.22. The van der Waals surface area contributed by atoms with Crippen molar-refractivity contribution in [1.82, 2.24) is 15.2 Å². The molecule has 0 fully saturated rings. The van der Waals surface area contributed by atoms with Crippen molar-refractivity contribution in [3.05, 3.63) is 63.4 Å². The maximum absolute atomic E-state index is 13.0. The molecule has 1 aliphatic heterocycles. The molecular formula is C17H12Cl2F6N4O. The van der Waals surface area contributed by atoms with Gasteiger partial charge in [0.05, 0.1) is 33.2 Å². The van der Waals surface area contributed by atoms with Gasteiger partial charge in [-0.1, -0.05) is 30.1 Å². The van der Waals surface area contributed by atoms with Crippen molar-refractivity contribution in [2.24, 2.45) is 0 Å². The molecule has 2 aromatic rings. The summed E-state index contributed by atoms with van der Waals surface area (Å²) in [4.78, 5) is 0. The molecule has 5 nitrogen and oxygen atoms in total. The molecule has 13 heteroatoms. The molecule has 0 atom stereocenters. The molecule has 30 heavy (non-hydrogen) atoms. The van der Waals surface area contributed by atoms with E-state index in [4.69, 9.17) is 23.2 Å². The van der Waals surface area contributed by atoms with E-state index in [-0.39, 0.29) is 33.5 Å². The quantitative estimate of drug-likeness (QED) is 0.519. The van der Waals surface area contributed by atoms with Gasteiger partial charge in [-0.25, -0.2) is 4.68 Å². The van der Waals surface area contributed by atoms with Crippen LogP contribution in [0.1, 0.15) is 24.6 Å². The average molecular weight is 473 g/mol. The summed E-state index contributed by atoms with van der Waals surface area (Å²) in [6, 6.07) is 2.04. The fraction of sp³-hybridized carbons (Fsp3) is 0.235. The molecule has 1 aromatic heterocycles. The number of benzene rings is 1. The third-order valence-corrected chi connectivity index (χ3v) is 4.68. The monoisotopic (exact) mass is 472 g/mol. The van der Waals surface area contributed by atoms with Crippen LogP contribution in [0.2, 0.25) is 10.0 Å². The molecule has 0 unspecified atom stereocenters. The van der Waals surface area contributed by atoms with Gasteiger partial charge in [0.1, 0.15) is 5.70 Å².